The molecule has 0 aliphatic rings. The minimum atomic E-state index is -0.942. The molecule has 1 atom stereocenters. The maximum absolute atomic E-state index is 11.7. The van der Waals surface area contributed by atoms with Crippen molar-refractivity contribution in [2.75, 3.05) is 19.7 Å². The van der Waals surface area contributed by atoms with Crippen LogP contribution in [0.1, 0.15) is 18.9 Å². The summed E-state index contributed by atoms with van der Waals surface area (Å²) in [5.41, 5.74) is 6.24. The number of halogens is 2. The fourth-order valence-electron chi connectivity index (χ4n) is 1.82. The van der Waals surface area contributed by atoms with Gasteiger partial charge < -0.3 is 15.8 Å². The number of carbonyl (C=O) groups is 1. The van der Waals surface area contributed by atoms with Gasteiger partial charge in [-0.1, -0.05) is 5.18 Å². The number of hydrogen-bond donors (Lipinski definition) is 2. The molecule has 3 N–H and O–H groups in total. The first kappa shape index (κ1) is 19.1. The summed E-state index contributed by atoms with van der Waals surface area (Å²) in [4.78, 5) is 22.6. The monoisotopic (exact) mass is 435 g/mol. The van der Waals surface area contributed by atoms with Gasteiger partial charge in [-0.3, -0.25) is 4.79 Å². The number of likely N-dealkylation sites (N-methyl/N-ethyl adjacent to an activating group) is 1. The largest absolute Gasteiger partial charge is 0.491 e. The average molecular weight is 437 g/mol. The molecule has 0 saturated heterocycles. The Hall–Kier alpha value is -0.990. The van der Waals surface area contributed by atoms with Gasteiger partial charge in [0.25, 0.3) is 0 Å². The van der Waals surface area contributed by atoms with Crippen LogP contribution in [0.4, 0.5) is 0 Å². The molecular formula is C14H19Br2N3O3. The molecule has 0 heterocycles. The minimum absolute atomic E-state index is 0.232. The Kier molecular flexibility index (Phi) is 8.59. The van der Waals surface area contributed by atoms with Crippen LogP contribution in [0, 0.1) is 4.91 Å². The topological polar surface area (TPSA) is 93.8 Å². The van der Waals surface area contributed by atoms with E-state index in [1.807, 2.05) is 12.1 Å². The molecule has 8 heteroatoms. The van der Waals surface area contributed by atoms with Gasteiger partial charge in [0.15, 0.2) is 6.04 Å². The third kappa shape index (κ3) is 5.66. The molecule has 1 amide bonds. The van der Waals surface area contributed by atoms with Crippen LogP contribution in [0.2, 0.25) is 0 Å². The number of nitrogens with zero attached hydrogens (tertiary/aromatic N) is 1. The molecule has 122 valence electrons. The number of nitrogens with two attached hydrogens (primary N) is 1. The average Bonchev–Trinajstić information content (AvgIpc) is 2.47. The summed E-state index contributed by atoms with van der Waals surface area (Å²) in [5.74, 6) is 0.304. The molecular weight excluding hydrogens is 418 g/mol. The normalized spacial score (nSPS) is 11.8. The molecule has 0 spiro atoms. The molecule has 22 heavy (non-hydrogen) atoms. The summed E-state index contributed by atoms with van der Waals surface area (Å²) in [5, 5.41) is 5.51. The third-order valence-electron chi connectivity index (χ3n) is 2.86. The maximum atomic E-state index is 11.7. The number of ether oxygens (including phenoxy) is 1. The molecule has 0 aromatic heterocycles. The predicted molar refractivity (Wildman–Crippen MR) is 93.0 cm³/mol. The van der Waals surface area contributed by atoms with Crippen molar-refractivity contribution in [1.29, 1.82) is 0 Å². The van der Waals surface area contributed by atoms with Crippen molar-refractivity contribution in [1.82, 2.24) is 5.32 Å². The van der Waals surface area contributed by atoms with E-state index in [0.29, 0.717) is 25.4 Å². The molecule has 0 bridgehead atoms. The molecule has 0 saturated carbocycles. The number of carbonyl (C=O) groups excluding carboxylic acids is 1. The predicted octanol–water partition coefficient (Wildman–Crippen LogP) is 2.75. The van der Waals surface area contributed by atoms with Gasteiger partial charge in [0.05, 0.1) is 15.6 Å². The first-order chi connectivity index (χ1) is 10.5. The summed E-state index contributed by atoms with van der Waals surface area (Å²) in [6.45, 7) is 3.34. The van der Waals surface area contributed by atoms with Gasteiger partial charge in [0.1, 0.15) is 5.75 Å². The Morgan fingerprint density at radius 1 is 1.41 bits per heavy atom. The maximum Gasteiger partial charge on any atom is 0.248 e. The molecule has 0 aliphatic carbocycles. The Morgan fingerprint density at radius 3 is 2.55 bits per heavy atom. The van der Waals surface area contributed by atoms with E-state index in [-0.39, 0.29) is 12.3 Å². The van der Waals surface area contributed by atoms with E-state index in [9.17, 15) is 9.70 Å². The Balaban J connectivity index is 2.84. The third-order valence-corrected chi connectivity index (χ3v) is 4.04. The summed E-state index contributed by atoms with van der Waals surface area (Å²) < 4.78 is 7.13. The van der Waals surface area contributed by atoms with Gasteiger partial charge >= 0.3 is 0 Å². The van der Waals surface area contributed by atoms with Gasteiger partial charge in [-0.05, 0) is 69.4 Å². The summed E-state index contributed by atoms with van der Waals surface area (Å²) in [6.07, 6.45) is 0.991. The standard InChI is InChI=1S/C14H19Br2N3O3/c1-2-18-14(20)12(19-21)8-9-6-10(15)13(11(16)7-9)22-5-3-4-17/h6-7,12H,2-5,8,17H2,1H3,(H,18,20). The lowest BCUT2D eigenvalue weighted by Crippen LogP contribution is -2.34. The van der Waals surface area contributed by atoms with Crippen molar-refractivity contribution in [3.05, 3.63) is 31.5 Å². The molecule has 0 radical (unpaired) electrons. The number of rotatable bonds is 9. The van der Waals surface area contributed by atoms with E-state index in [2.05, 4.69) is 42.4 Å². The van der Waals surface area contributed by atoms with Gasteiger partial charge in [-0.2, -0.15) is 0 Å². The number of nitrogens with one attached hydrogen (secondary N) is 1. The Morgan fingerprint density at radius 2 is 2.05 bits per heavy atom. The van der Waals surface area contributed by atoms with E-state index in [4.69, 9.17) is 10.5 Å². The Bertz CT molecular complexity index is 503. The second kappa shape index (κ2) is 9.91. The molecule has 1 aromatic carbocycles. The molecule has 0 fully saturated rings. The van der Waals surface area contributed by atoms with Crippen molar-refractivity contribution in [3.63, 3.8) is 0 Å². The Labute approximate surface area is 146 Å². The fourth-order valence-corrected chi connectivity index (χ4v) is 3.33. The molecule has 1 aromatic rings. The second-order valence-corrected chi connectivity index (χ2v) is 6.31. The van der Waals surface area contributed by atoms with Crippen molar-refractivity contribution in [2.24, 2.45) is 10.9 Å². The highest BCUT2D eigenvalue weighted by Crippen LogP contribution is 2.35. The number of amides is 1. The highest BCUT2D eigenvalue weighted by atomic mass is 79.9. The first-order valence-corrected chi connectivity index (χ1v) is 8.53. The van der Waals surface area contributed by atoms with Crippen LogP contribution in [-0.4, -0.2) is 31.6 Å². The smallest absolute Gasteiger partial charge is 0.248 e. The summed E-state index contributed by atoms with van der Waals surface area (Å²) in [7, 11) is 0. The van der Waals surface area contributed by atoms with E-state index < -0.39 is 6.04 Å². The molecule has 1 unspecified atom stereocenters. The minimum Gasteiger partial charge on any atom is -0.491 e. The lowest BCUT2D eigenvalue weighted by molar-refractivity contribution is -0.122. The van der Waals surface area contributed by atoms with Crippen LogP contribution in [0.5, 0.6) is 5.75 Å². The zero-order chi connectivity index (χ0) is 16.5. The van der Waals surface area contributed by atoms with Crippen molar-refractivity contribution in [3.8, 4) is 5.75 Å². The lowest BCUT2D eigenvalue weighted by Gasteiger charge is -2.13. The number of hydrogen-bond acceptors (Lipinski definition) is 5. The molecule has 0 aliphatic heterocycles. The lowest BCUT2D eigenvalue weighted by atomic mass is 10.1. The van der Waals surface area contributed by atoms with E-state index >= 15 is 0 Å². The van der Waals surface area contributed by atoms with Crippen LogP contribution < -0.4 is 15.8 Å². The van der Waals surface area contributed by atoms with E-state index in [0.717, 1.165) is 20.9 Å². The van der Waals surface area contributed by atoms with Crippen molar-refractivity contribution < 1.29 is 9.53 Å². The molecule has 6 nitrogen and oxygen atoms in total. The van der Waals surface area contributed by atoms with E-state index in [1.165, 1.54) is 0 Å². The second-order valence-electron chi connectivity index (χ2n) is 4.60. The summed E-state index contributed by atoms with van der Waals surface area (Å²) >= 11 is 6.87. The van der Waals surface area contributed by atoms with Crippen LogP contribution in [0.15, 0.2) is 26.3 Å². The first-order valence-electron chi connectivity index (χ1n) is 6.94. The summed E-state index contributed by atoms with van der Waals surface area (Å²) in [6, 6.07) is 2.70. The van der Waals surface area contributed by atoms with Crippen LogP contribution in [0.25, 0.3) is 0 Å². The number of nitroso groups, excluding NO2 is 1. The number of benzene rings is 1. The van der Waals surface area contributed by atoms with Crippen LogP contribution in [0.3, 0.4) is 0 Å². The highest BCUT2D eigenvalue weighted by molar-refractivity contribution is 9.11. The fraction of sp³-hybridized carbons (Fsp3) is 0.500. The van der Waals surface area contributed by atoms with Crippen LogP contribution >= 0.6 is 31.9 Å². The van der Waals surface area contributed by atoms with Gasteiger partial charge in [-0.15, -0.1) is 4.91 Å². The van der Waals surface area contributed by atoms with Crippen LogP contribution in [-0.2, 0) is 11.2 Å². The van der Waals surface area contributed by atoms with Crippen molar-refractivity contribution in [2.45, 2.75) is 25.8 Å². The van der Waals surface area contributed by atoms with Gasteiger partial charge in [0.2, 0.25) is 5.91 Å². The van der Waals surface area contributed by atoms with Gasteiger partial charge in [-0.25, -0.2) is 0 Å². The van der Waals surface area contributed by atoms with Gasteiger partial charge in [0, 0.05) is 13.0 Å². The van der Waals surface area contributed by atoms with E-state index in [1.54, 1.807) is 6.92 Å². The SMILES string of the molecule is CCNC(=O)C(Cc1cc(Br)c(OCCCN)c(Br)c1)N=O. The highest BCUT2D eigenvalue weighted by Gasteiger charge is 2.20. The zero-order valence-corrected chi connectivity index (χ0v) is 15.4. The quantitative estimate of drug-likeness (QED) is 0.459. The molecule has 1 rings (SSSR count). The van der Waals surface area contributed by atoms with Crippen molar-refractivity contribution >= 4 is 37.8 Å². The zero-order valence-electron chi connectivity index (χ0n) is 12.3.